The first-order chi connectivity index (χ1) is 9.20. The van der Waals surface area contributed by atoms with Crippen LogP contribution >= 0.6 is 0 Å². The van der Waals surface area contributed by atoms with Gasteiger partial charge in [0.2, 0.25) is 0 Å². The fourth-order valence-electron chi connectivity index (χ4n) is 1.73. The van der Waals surface area contributed by atoms with E-state index in [0.717, 1.165) is 12.8 Å². The summed E-state index contributed by atoms with van der Waals surface area (Å²) in [4.78, 5) is 23.1. The maximum absolute atomic E-state index is 11.6. The van der Waals surface area contributed by atoms with Crippen molar-refractivity contribution < 1.29 is 14.3 Å². The second-order valence-corrected chi connectivity index (χ2v) is 4.07. The van der Waals surface area contributed by atoms with E-state index in [-0.39, 0.29) is 17.5 Å². The number of hydrogen-bond donors (Lipinski definition) is 3. The van der Waals surface area contributed by atoms with Crippen molar-refractivity contribution in [3.05, 3.63) is 11.8 Å². The second kappa shape index (κ2) is 5.97. The summed E-state index contributed by atoms with van der Waals surface area (Å²) in [6.07, 6.45) is 3.08. The summed E-state index contributed by atoms with van der Waals surface area (Å²) in [6, 6.07) is 1.84. The van der Waals surface area contributed by atoms with Crippen LogP contribution in [0.5, 0.6) is 0 Å². The van der Waals surface area contributed by atoms with Crippen LogP contribution in [0, 0.1) is 11.3 Å². The van der Waals surface area contributed by atoms with Gasteiger partial charge in [0.25, 0.3) is 0 Å². The minimum absolute atomic E-state index is 0.0291. The van der Waals surface area contributed by atoms with Crippen molar-refractivity contribution in [1.29, 1.82) is 5.26 Å². The van der Waals surface area contributed by atoms with Gasteiger partial charge in [-0.3, -0.25) is 14.7 Å². The zero-order valence-electron chi connectivity index (χ0n) is 10.1. The molecule has 0 aliphatic carbocycles. The van der Waals surface area contributed by atoms with Crippen LogP contribution in [0.4, 0.5) is 5.82 Å². The molecule has 0 radical (unpaired) electrons. The zero-order valence-corrected chi connectivity index (χ0v) is 10.1. The predicted molar refractivity (Wildman–Crippen MR) is 63.9 cm³/mol. The quantitative estimate of drug-likeness (QED) is 0.636. The molecule has 1 aliphatic rings. The van der Waals surface area contributed by atoms with E-state index in [0.29, 0.717) is 13.2 Å². The number of hydrogen-bond acceptors (Lipinski definition) is 5. The minimum atomic E-state index is -0.848. The molecule has 2 rings (SSSR count). The van der Waals surface area contributed by atoms with Crippen molar-refractivity contribution in [3.63, 3.8) is 0 Å². The topological polar surface area (TPSA) is 120 Å². The Kier molecular flexibility index (Phi) is 4.10. The van der Waals surface area contributed by atoms with Gasteiger partial charge in [-0.15, -0.1) is 0 Å². The molecule has 1 aliphatic heterocycles. The van der Waals surface area contributed by atoms with Crippen LogP contribution in [0.2, 0.25) is 0 Å². The Hall–Kier alpha value is -2.40. The standard InChI is InChI=1S/C11H13N5O3/c12-4-7-5-14-16-9(7)15-11(18)10(17)13-6-8-2-1-3-19-8/h5,8H,1-3,6H2,(H,13,17)(H2,14,15,16,18)/t8-/m1/s1. The highest BCUT2D eigenvalue weighted by Crippen LogP contribution is 2.11. The summed E-state index contributed by atoms with van der Waals surface area (Å²) in [5, 5.41) is 19.5. The summed E-state index contributed by atoms with van der Waals surface area (Å²) in [5.41, 5.74) is 0.167. The molecule has 0 unspecified atom stereocenters. The van der Waals surface area contributed by atoms with E-state index in [9.17, 15) is 9.59 Å². The third-order valence-corrected chi connectivity index (χ3v) is 2.72. The molecule has 0 bridgehead atoms. The summed E-state index contributed by atoms with van der Waals surface area (Å²) in [5.74, 6) is -1.51. The Balaban J connectivity index is 1.82. The number of aromatic amines is 1. The number of anilines is 1. The van der Waals surface area contributed by atoms with Gasteiger partial charge < -0.3 is 15.4 Å². The van der Waals surface area contributed by atoms with Crippen molar-refractivity contribution in [2.24, 2.45) is 0 Å². The lowest BCUT2D eigenvalue weighted by Gasteiger charge is -2.10. The molecular formula is C11H13N5O3. The Bertz CT molecular complexity index is 513. The highest BCUT2D eigenvalue weighted by Gasteiger charge is 2.20. The van der Waals surface area contributed by atoms with Gasteiger partial charge >= 0.3 is 11.8 Å². The van der Waals surface area contributed by atoms with E-state index in [1.165, 1.54) is 6.20 Å². The van der Waals surface area contributed by atoms with Crippen molar-refractivity contribution in [2.45, 2.75) is 18.9 Å². The molecule has 1 fully saturated rings. The maximum Gasteiger partial charge on any atom is 0.314 e. The van der Waals surface area contributed by atoms with Gasteiger partial charge in [-0.25, -0.2) is 0 Å². The molecule has 1 aromatic heterocycles. The molecule has 1 atom stereocenters. The molecule has 2 heterocycles. The molecule has 0 spiro atoms. The summed E-state index contributed by atoms with van der Waals surface area (Å²) in [7, 11) is 0. The van der Waals surface area contributed by atoms with Crippen LogP contribution in [0.3, 0.4) is 0 Å². The van der Waals surface area contributed by atoms with Crippen LogP contribution in [-0.2, 0) is 14.3 Å². The summed E-state index contributed by atoms with van der Waals surface area (Å²) < 4.78 is 5.32. The lowest BCUT2D eigenvalue weighted by molar-refractivity contribution is -0.136. The number of ether oxygens (including phenoxy) is 1. The molecule has 2 amide bonds. The first-order valence-electron chi connectivity index (χ1n) is 5.85. The number of nitrogens with one attached hydrogen (secondary N) is 3. The smallest absolute Gasteiger partial charge is 0.314 e. The Labute approximate surface area is 109 Å². The molecule has 0 saturated carbocycles. The molecular weight excluding hydrogens is 250 g/mol. The number of carbonyl (C=O) groups is 2. The number of carbonyl (C=O) groups excluding carboxylic acids is 2. The number of aromatic nitrogens is 2. The van der Waals surface area contributed by atoms with Crippen molar-refractivity contribution in [2.75, 3.05) is 18.5 Å². The Morgan fingerprint density at radius 1 is 1.58 bits per heavy atom. The van der Waals surface area contributed by atoms with Crippen molar-refractivity contribution in [1.82, 2.24) is 15.5 Å². The molecule has 100 valence electrons. The van der Waals surface area contributed by atoms with Crippen LogP contribution in [0.15, 0.2) is 6.20 Å². The van der Waals surface area contributed by atoms with E-state index < -0.39 is 11.8 Å². The van der Waals surface area contributed by atoms with Gasteiger partial charge in [-0.2, -0.15) is 10.4 Å². The number of amides is 2. The van der Waals surface area contributed by atoms with E-state index >= 15 is 0 Å². The van der Waals surface area contributed by atoms with E-state index in [1.54, 1.807) is 0 Å². The molecule has 0 aromatic carbocycles. The van der Waals surface area contributed by atoms with Gasteiger partial charge in [0.1, 0.15) is 17.5 Å². The van der Waals surface area contributed by atoms with Gasteiger partial charge in [0, 0.05) is 13.2 Å². The van der Waals surface area contributed by atoms with Crippen molar-refractivity contribution >= 4 is 17.6 Å². The third-order valence-electron chi connectivity index (χ3n) is 2.72. The largest absolute Gasteiger partial charge is 0.376 e. The Morgan fingerprint density at radius 2 is 2.42 bits per heavy atom. The minimum Gasteiger partial charge on any atom is -0.376 e. The average molecular weight is 263 g/mol. The number of H-pyrrole nitrogens is 1. The van der Waals surface area contributed by atoms with E-state index in [4.69, 9.17) is 10.00 Å². The van der Waals surface area contributed by atoms with Gasteiger partial charge in [-0.1, -0.05) is 0 Å². The van der Waals surface area contributed by atoms with E-state index in [2.05, 4.69) is 20.8 Å². The maximum atomic E-state index is 11.6. The monoisotopic (exact) mass is 263 g/mol. The number of nitrogens with zero attached hydrogens (tertiary/aromatic N) is 2. The molecule has 8 nitrogen and oxygen atoms in total. The molecule has 19 heavy (non-hydrogen) atoms. The van der Waals surface area contributed by atoms with Crippen molar-refractivity contribution in [3.8, 4) is 6.07 Å². The molecule has 1 saturated heterocycles. The molecule has 3 N–H and O–H groups in total. The summed E-state index contributed by atoms with van der Waals surface area (Å²) in [6.45, 7) is 0.993. The lowest BCUT2D eigenvalue weighted by atomic mass is 10.2. The number of rotatable bonds is 3. The van der Waals surface area contributed by atoms with Gasteiger partial charge in [0.05, 0.1) is 12.3 Å². The summed E-state index contributed by atoms with van der Waals surface area (Å²) >= 11 is 0. The highest BCUT2D eigenvalue weighted by atomic mass is 16.5. The first kappa shape index (κ1) is 13.0. The SMILES string of the molecule is N#Cc1cn[nH]c1NC(=O)C(=O)NC[C@H]1CCCO1. The van der Waals surface area contributed by atoms with Crippen LogP contribution in [0.1, 0.15) is 18.4 Å². The molecule has 1 aromatic rings. The Morgan fingerprint density at radius 3 is 3.11 bits per heavy atom. The van der Waals surface area contributed by atoms with Gasteiger partial charge in [-0.05, 0) is 12.8 Å². The highest BCUT2D eigenvalue weighted by molar-refractivity contribution is 6.39. The third kappa shape index (κ3) is 3.29. The van der Waals surface area contributed by atoms with Crippen LogP contribution in [-0.4, -0.2) is 41.3 Å². The fraction of sp³-hybridized carbons (Fsp3) is 0.455. The average Bonchev–Trinajstić information content (AvgIpc) is 3.06. The normalized spacial score (nSPS) is 17.7. The number of nitriles is 1. The van der Waals surface area contributed by atoms with Gasteiger partial charge in [0.15, 0.2) is 0 Å². The van der Waals surface area contributed by atoms with Crippen LogP contribution < -0.4 is 10.6 Å². The van der Waals surface area contributed by atoms with E-state index in [1.807, 2.05) is 6.07 Å². The zero-order chi connectivity index (χ0) is 13.7. The molecule has 8 heteroatoms. The first-order valence-corrected chi connectivity index (χ1v) is 5.85. The predicted octanol–water partition coefficient (Wildman–Crippen LogP) is -0.485. The lowest BCUT2D eigenvalue weighted by Crippen LogP contribution is -2.39. The van der Waals surface area contributed by atoms with Crippen LogP contribution in [0.25, 0.3) is 0 Å². The fourth-order valence-corrected chi connectivity index (χ4v) is 1.73. The second-order valence-electron chi connectivity index (χ2n) is 4.07.